The Morgan fingerprint density at radius 2 is 2.23 bits per heavy atom. The van der Waals surface area contributed by atoms with Crippen LogP contribution in [0.3, 0.4) is 0 Å². The summed E-state index contributed by atoms with van der Waals surface area (Å²) in [5.74, 6) is 0. The number of hydrogen-bond acceptors (Lipinski definition) is 4. The summed E-state index contributed by atoms with van der Waals surface area (Å²) in [6.07, 6.45) is 1.00. The van der Waals surface area contributed by atoms with E-state index < -0.39 is 6.10 Å². The van der Waals surface area contributed by atoms with Gasteiger partial charge in [-0.15, -0.1) is 0 Å². The number of carbonyl (C=O) groups excluding carboxylic acids is 1. The topological polar surface area (TPSA) is 61.8 Å². The van der Waals surface area contributed by atoms with E-state index in [1.807, 2.05) is 12.1 Å². The second-order valence-electron chi connectivity index (χ2n) is 5.53. The van der Waals surface area contributed by atoms with E-state index in [1.54, 1.807) is 19.1 Å². The third-order valence-corrected chi connectivity index (χ3v) is 4.04. The van der Waals surface area contributed by atoms with Gasteiger partial charge in [0, 0.05) is 24.2 Å². The average molecular weight is 327 g/mol. The van der Waals surface area contributed by atoms with Crippen molar-refractivity contribution in [1.29, 1.82) is 0 Å². The minimum absolute atomic E-state index is 0.0743. The second-order valence-corrected chi connectivity index (χ2v) is 5.97. The molecule has 1 aliphatic heterocycles. The second kappa shape index (κ2) is 8.36. The van der Waals surface area contributed by atoms with E-state index in [2.05, 4.69) is 10.2 Å². The molecule has 2 unspecified atom stereocenters. The van der Waals surface area contributed by atoms with Crippen molar-refractivity contribution in [3.63, 3.8) is 0 Å². The van der Waals surface area contributed by atoms with E-state index in [0.717, 1.165) is 31.5 Å². The molecule has 2 rings (SSSR count). The Hall–Kier alpha value is -1.30. The number of nitrogens with one attached hydrogen (secondary N) is 1. The third kappa shape index (κ3) is 5.16. The van der Waals surface area contributed by atoms with Gasteiger partial charge in [0.05, 0.1) is 12.7 Å². The van der Waals surface area contributed by atoms with Crippen LogP contribution in [0.1, 0.15) is 31.4 Å². The van der Waals surface area contributed by atoms with Crippen molar-refractivity contribution in [3.05, 3.63) is 34.9 Å². The highest BCUT2D eigenvalue weighted by atomic mass is 35.5. The van der Waals surface area contributed by atoms with Crippen molar-refractivity contribution in [2.45, 2.75) is 31.9 Å². The average Bonchev–Trinajstić information content (AvgIpc) is 2.48. The lowest BCUT2D eigenvalue weighted by Crippen LogP contribution is -2.48. The number of halogens is 1. The molecule has 6 heteroatoms. The number of β-amino-alcohol motifs (C(OH)–C–C–N with tert-alkyl or cyclic N) is 1. The molecule has 1 aromatic rings. The van der Waals surface area contributed by atoms with Crippen molar-refractivity contribution in [2.75, 3.05) is 26.2 Å². The summed E-state index contributed by atoms with van der Waals surface area (Å²) in [4.78, 5) is 13.6. The fraction of sp³-hybridized carbons (Fsp3) is 0.562. The van der Waals surface area contributed by atoms with E-state index in [1.165, 1.54) is 0 Å². The molecule has 1 fully saturated rings. The van der Waals surface area contributed by atoms with Gasteiger partial charge < -0.3 is 15.2 Å². The highest BCUT2D eigenvalue weighted by Crippen LogP contribution is 2.19. The zero-order valence-electron chi connectivity index (χ0n) is 12.8. The van der Waals surface area contributed by atoms with Crippen LogP contribution in [0.2, 0.25) is 5.02 Å². The van der Waals surface area contributed by atoms with E-state index in [9.17, 15) is 9.90 Å². The summed E-state index contributed by atoms with van der Waals surface area (Å²) in [7, 11) is 0. The molecule has 122 valence electrons. The smallest absolute Gasteiger partial charge is 0.407 e. The van der Waals surface area contributed by atoms with Crippen LogP contribution in [0.5, 0.6) is 0 Å². The highest BCUT2D eigenvalue weighted by molar-refractivity contribution is 6.30. The summed E-state index contributed by atoms with van der Waals surface area (Å²) in [5.41, 5.74) is 0.852. The maximum Gasteiger partial charge on any atom is 0.407 e. The van der Waals surface area contributed by atoms with Crippen LogP contribution in [0, 0.1) is 0 Å². The molecular weight excluding hydrogens is 304 g/mol. The molecule has 5 nitrogen and oxygen atoms in total. The lowest BCUT2D eigenvalue weighted by atomic mass is 10.0. The molecule has 2 N–H and O–H groups in total. The minimum Gasteiger partial charge on any atom is -0.450 e. The Balaban J connectivity index is 1.84. The van der Waals surface area contributed by atoms with Crippen molar-refractivity contribution in [1.82, 2.24) is 10.2 Å². The van der Waals surface area contributed by atoms with Crippen LogP contribution in [0.15, 0.2) is 24.3 Å². The standard InChI is InChI=1S/C16H23ClN2O3/c1-2-22-16(21)18-14-4-3-9-19(10-14)11-15(20)12-5-7-13(17)8-6-12/h5-8,14-15,20H,2-4,9-11H2,1H3,(H,18,21). The summed E-state index contributed by atoms with van der Waals surface area (Å²) in [6.45, 7) is 4.35. The zero-order chi connectivity index (χ0) is 15.9. The molecule has 0 spiro atoms. The summed E-state index contributed by atoms with van der Waals surface area (Å²) < 4.78 is 4.91. The molecule has 22 heavy (non-hydrogen) atoms. The van der Waals surface area contributed by atoms with Gasteiger partial charge in [0.25, 0.3) is 0 Å². The molecule has 0 saturated carbocycles. The molecule has 0 radical (unpaired) electrons. The summed E-state index contributed by atoms with van der Waals surface area (Å²) >= 11 is 5.86. The Morgan fingerprint density at radius 3 is 2.91 bits per heavy atom. The lowest BCUT2D eigenvalue weighted by Gasteiger charge is -2.34. The first-order valence-electron chi connectivity index (χ1n) is 7.67. The number of alkyl carbamates (subject to hydrolysis) is 1. The first-order valence-corrected chi connectivity index (χ1v) is 8.05. The van der Waals surface area contributed by atoms with Crippen LogP contribution in [-0.4, -0.2) is 48.4 Å². The molecule has 0 aromatic heterocycles. The van der Waals surface area contributed by atoms with Crippen molar-refractivity contribution in [3.8, 4) is 0 Å². The van der Waals surface area contributed by atoms with Gasteiger partial charge in [-0.2, -0.15) is 0 Å². The molecule has 2 atom stereocenters. The van der Waals surface area contributed by atoms with Gasteiger partial charge in [-0.3, -0.25) is 4.90 Å². The van der Waals surface area contributed by atoms with Gasteiger partial charge in [-0.25, -0.2) is 4.79 Å². The first kappa shape index (κ1) is 17.1. The first-order chi connectivity index (χ1) is 10.6. The number of rotatable bonds is 5. The predicted molar refractivity (Wildman–Crippen MR) is 86.0 cm³/mol. The molecule has 0 aliphatic carbocycles. The molecular formula is C16H23ClN2O3. The van der Waals surface area contributed by atoms with E-state index in [4.69, 9.17) is 16.3 Å². The Labute approximate surface area is 136 Å². The van der Waals surface area contributed by atoms with Gasteiger partial charge in [-0.1, -0.05) is 23.7 Å². The molecule has 1 aliphatic rings. The number of hydrogen-bond donors (Lipinski definition) is 2. The fourth-order valence-corrected chi connectivity index (χ4v) is 2.84. The molecule has 1 amide bonds. The van der Waals surface area contributed by atoms with Gasteiger partial charge >= 0.3 is 6.09 Å². The van der Waals surface area contributed by atoms with Crippen molar-refractivity contribution in [2.24, 2.45) is 0 Å². The Kier molecular flexibility index (Phi) is 6.49. The largest absolute Gasteiger partial charge is 0.450 e. The van der Waals surface area contributed by atoms with Gasteiger partial charge in [0.1, 0.15) is 0 Å². The quantitative estimate of drug-likeness (QED) is 0.873. The summed E-state index contributed by atoms with van der Waals surface area (Å²) in [6, 6.07) is 7.31. The molecule has 1 saturated heterocycles. The van der Waals surface area contributed by atoms with Crippen LogP contribution in [0.25, 0.3) is 0 Å². The monoisotopic (exact) mass is 326 g/mol. The maximum atomic E-state index is 11.5. The Bertz CT molecular complexity index is 481. The fourth-order valence-electron chi connectivity index (χ4n) is 2.71. The Morgan fingerprint density at radius 1 is 1.50 bits per heavy atom. The number of amides is 1. The zero-order valence-corrected chi connectivity index (χ0v) is 13.6. The lowest BCUT2D eigenvalue weighted by molar-refractivity contribution is 0.0878. The predicted octanol–water partition coefficient (Wildman–Crippen LogP) is 2.58. The van der Waals surface area contributed by atoms with Crippen LogP contribution < -0.4 is 5.32 Å². The normalized spacial score (nSPS) is 20.4. The van der Waals surface area contributed by atoms with Gasteiger partial charge in [-0.05, 0) is 44.0 Å². The number of ether oxygens (including phenoxy) is 1. The van der Waals surface area contributed by atoms with Crippen LogP contribution >= 0.6 is 11.6 Å². The third-order valence-electron chi connectivity index (χ3n) is 3.79. The summed E-state index contributed by atoms with van der Waals surface area (Å²) in [5, 5.41) is 13.8. The number of carbonyl (C=O) groups is 1. The van der Waals surface area contributed by atoms with Crippen molar-refractivity contribution >= 4 is 17.7 Å². The highest BCUT2D eigenvalue weighted by Gasteiger charge is 2.23. The maximum absolute atomic E-state index is 11.5. The van der Waals surface area contributed by atoms with E-state index in [0.29, 0.717) is 18.2 Å². The van der Waals surface area contributed by atoms with E-state index >= 15 is 0 Å². The number of aliphatic hydroxyl groups excluding tert-OH is 1. The van der Waals surface area contributed by atoms with Gasteiger partial charge in [0.15, 0.2) is 0 Å². The number of aliphatic hydroxyl groups is 1. The van der Waals surface area contributed by atoms with Crippen LogP contribution in [-0.2, 0) is 4.74 Å². The minimum atomic E-state index is -0.557. The molecule has 1 heterocycles. The van der Waals surface area contributed by atoms with Gasteiger partial charge in [0.2, 0.25) is 0 Å². The number of piperidine rings is 1. The molecule has 1 aromatic carbocycles. The number of likely N-dealkylation sites (tertiary alicyclic amines) is 1. The number of benzene rings is 1. The number of nitrogens with zero attached hydrogens (tertiary/aromatic N) is 1. The van der Waals surface area contributed by atoms with Crippen LogP contribution in [0.4, 0.5) is 4.79 Å². The van der Waals surface area contributed by atoms with E-state index in [-0.39, 0.29) is 12.1 Å². The van der Waals surface area contributed by atoms with Crippen molar-refractivity contribution < 1.29 is 14.6 Å². The SMILES string of the molecule is CCOC(=O)NC1CCCN(CC(O)c2ccc(Cl)cc2)C1. The molecule has 0 bridgehead atoms.